The average molecular weight is 293 g/mol. The molecule has 1 unspecified atom stereocenters. The van der Waals surface area contributed by atoms with Crippen LogP contribution >= 0.6 is 0 Å². The van der Waals surface area contributed by atoms with Gasteiger partial charge in [-0.05, 0) is 36.5 Å². The Hall–Kier alpha value is -1.39. The van der Waals surface area contributed by atoms with E-state index in [1.165, 1.54) is 5.56 Å². The predicted molar refractivity (Wildman–Crippen MR) is 84.6 cm³/mol. The Morgan fingerprint density at radius 3 is 2.19 bits per heavy atom. The van der Waals surface area contributed by atoms with Crippen LogP contribution in [0, 0.1) is 0 Å². The molecule has 118 valence electrons. The third kappa shape index (κ3) is 5.14. The molecule has 1 aromatic rings. The zero-order chi connectivity index (χ0) is 16.1. The van der Waals surface area contributed by atoms with E-state index in [4.69, 9.17) is 9.84 Å². The van der Waals surface area contributed by atoms with Gasteiger partial charge in [-0.15, -0.1) is 0 Å². The molecule has 0 aliphatic heterocycles. The minimum atomic E-state index is -0.566. The van der Waals surface area contributed by atoms with Crippen molar-refractivity contribution < 1.29 is 14.6 Å². The first-order chi connectivity index (χ1) is 9.72. The van der Waals surface area contributed by atoms with Gasteiger partial charge in [0.1, 0.15) is 0 Å². The molecular weight excluding hydrogens is 266 g/mol. The van der Waals surface area contributed by atoms with Gasteiger partial charge in [0.25, 0.3) is 5.91 Å². The van der Waals surface area contributed by atoms with E-state index >= 15 is 0 Å². The first kappa shape index (κ1) is 17.7. The number of carbonyl (C=O) groups excluding carboxylic acids is 1. The lowest BCUT2D eigenvalue weighted by atomic mass is 9.86. The Morgan fingerprint density at radius 1 is 1.19 bits per heavy atom. The van der Waals surface area contributed by atoms with Crippen molar-refractivity contribution in [2.75, 3.05) is 20.3 Å². The largest absolute Gasteiger partial charge is 0.396 e. The lowest BCUT2D eigenvalue weighted by molar-refractivity contribution is 0.0725. The molecule has 1 amide bonds. The minimum absolute atomic E-state index is 0.00308. The molecule has 0 heterocycles. The molecule has 4 heteroatoms. The van der Waals surface area contributed by atoms with Crippen molar-refractivity contribution in [3.05, 3.63) is 35.4 Å². The van der Waals surface area contributed by atoms with Crippen LogP contribution in [0.25, 0.3) is 0 Å². The molecular formula is C17H27NO3. The lowest BCUT2D eigenvalue weighted by Crippen LogP contribution is -2.50. The van der Waals surface area contributed by atoms with Crippen molar-refractivity contribution in [1.82, 2.24) is 5.32 Å². The second-order valence-corrected chi connectivity index (χ2v) is 6.75. The summed E-state index contributed by atoms with van der Waals surface area (Å²) in [5, 5.41) is 12.1. The Kier molecular flexibility index (Phi) is 5.93. The van der Waals surface area contributed by atoms with Gasteiger partial charge in [0.2, 0.25) is 0 Å². The summed E-state index contributed by atoms with van der Waals surface area (Å²) in [6.07, 6.45) is 0.451. The van der Waals surface area contributed by atoms with Crippen molar-refractivity contribution in [2.24, 2.45) is 0 Å². The molecule has 0 saturated carbocycles. The summed E-state index contributed by atoms with van der Waals surface area (Å²) < 4.78 is 5.13. The fourth-order valence-corrected chi connectivity index (χ4v) is 2.20. The maximum Gasteiger partial charge on any atom is 0.251 e. The number of nitrogens with one attached hydrogen (secondary N) is 1. The first-order valence-corrected chi connectivity index (χ1v) is 7.25. The number of rotatable bonds is 6. The number of aliphatic hydroxyl groups excluding tert-OH is 1. The normalized spacial score (nSPS) is 14.6. The maximum atomic E-state index is 12.3. The predicted octanol–water partition coefficient (Wildman–Crippen LogP) is 2.50. The van der Waals surface area contributed by atoms with E-state index in [9.17, 15) is 4.79 Å². The molecule has 1 atom stereocenters. The summed E-state index contributed by atoms with van der Waals surface area (Å²) in [6.45, 7) is 8.65. The standard InChI is InChI=1S/C17H27NO3/c1-16(2,3)14-8-6-13(7-9-14)15(20)18-17(4,10-11-19)12-21-5/h6-9,19H,10-12H2,1-5H3,(H,18,20). The fourth-order valence-electron chi connectivity index (χ4n) is 2.20. The fraction of sp³-hybridized carbons (Fsp3) is 0.588. The van der Waals surface area contributed by atoms with Crippen molar-refractivity contribution >= 4 is 5.91 Å². The van der Waals surface area contributed by atoms with Crippen molar-refractivity contribution in [3.63, 3.8) is 0 Å². The van der Waals surface area contributed by atoms with Gasteiger partial charge in [0, 0.05) is 19.3 Å². The molecule has 0 radical (unpaired) electrons. The topological polar surface area (TPSA) is 58.6 Å². The molecule has 0 aliphatic rings. The van der Waals surface area contributed by atoms with Crippen LogP contribution in [0.4, 0.5) is 0 Å². The molecule has 0 aromatic heterocycles. The van der Waals surface area contributed by atoms with Gasteiger partial charge >= 0.3 is 0 Å². The Labute approximate surface area is 127 Å². The second-order valence-electron chi connectivity index (χ2n) is 6.75. The zero-order valence-electron chi connectivity index (χ0n) is 13.7. The van der Waals surface area contributed by atoms with Crippen LogP contribution in [-0.4, -0.2) is 36.9 Å². The van der Waals surface area contributed by atoms with Crippen molar-refractivity contribution in [1.29, 1.82) is 0 Å². The van der Waals surface area contributed by atoms with Gasteiger partial charge in [0.05, 0.1) is 12.1 Å². The van der Waals surface area contributed by atoms with E-state index in [0.717, 1.165) is 0 Å². The molecule has 0 bridgehead atoms. The van der Waals surface area contributed by atoms with E-state index in [1.807, 2.05) is 31.2 Å². The quantitative estimate of drug-likeness (QED) is 0.847. The van der Waals surface area contributed by atoms with Crippen molar-refractivity contribution in [2.45, 2.75) is 45.1 Å². The molecule has 0 spiro atoms. The van der Waals surface area contributed by atoms with Gasteiger partial charge < -0.3 is 15.2 Å². The van der Waals surface area contributed by atoms with Gasteiger partial charge in [0.15, 0.2) is 0 Å². The third-order valence-electron chi connectivity index (χ3n) is 3.55. The number of benzene rings is 1. The third-order valence-corrected chi connectivity index (χ3v) is 3.55. The highest BCUT2D eigenvalue weighted by Crippen LogP contribution is 2.22. The first-order valence-electron chi connectivity index (χ1n) is 7.25. The Bertz CT molecular complexity index is 454. The summed E-state index contributed by atoms with van der Waals surface area (Å²) in [5.41, 5.74) is 1.30. The zero-order valence-corrected chi connectivity index (χ0v) is 13.7. The van der Waals surface area contributed by atoms with Crippen LogP contribution in [0.1, 0.15) is 50.0 Å². The van der Waals surface area contributed by atoms with Gasteiger partial charge in [-0.2, -0.15) is 0 Å². The van der Waals surface area contributed by atoms with Crippen molar-refractivity contribution in [3.8, 4) is 0 Å². The number of ether oxygens (including phenoxy) is 1. The highest BCUT2D eigenvalue weighted by molar-refractivity contribution is 5.94. The molecule has 0 fully saturated rings. The monoisotopic (exact) mass is 293 g/mol. The minimum Gasteiger partial charge on any atom is -0.396 e. The summed E-state index contributed by atoms with van der Waals surface area (Å²) in [4.78, 5) is 12.3. The second kappa shape index (κ2) is 7.05. The van der Waals surface area contributed by atoms with Gasteiger partial charge in [-0.25, -0.2) is 0 Å². The summed E-state index contributed by atoms with van der Waals surface area (Å²) in [5.74, 6) is -0.150. The molecule has 2 N–H and O–H groups in total. The summed E-state index contributed by atoms with van der Waals surface area (Å²) >= 11 is 0. The SMILES string of the molecule is COCC(C)(CCO)NC(=O)c1ccc(C(C)(C)C)cc1. The Morgan fingerprint density at radius 2 is 1.76 bits per heavy atom. The van der Waals surface area contributed by atoms with Crippen LogP contribution < -0.4 is 5.32 Å². The number of aliphatic hydroxyl groups is 1. The van der Waals surface area contributed by atoms with E-state index in [0.29, 0.717) is 18.6 Å². The summed E-state index contributed by atoms with van der Waals surface area (Å²) in [6, 6.07) is 7.63. The number of carbonyl (C=O) groups is 1. The molecule has 0 saturated heterocycles. The van der Waals surface area contributed by atoms with E-state index in [1.54, 1.807) is 7.11 Å². The van der Waals surface area contributed by atoms with Gasteiger partial charge in [-0.1, -0.05) is 32.9 Å². The van der Waals surface area contributed by atoms with Crippen LogP contribution in [0.2, 0.25) is 0 Å². The van der Waals surface area contributed by atoms with E-state index in [2.05, 4.69) is 26.1 Å². The number of amides is 1. The van der Waals surface area contributed by atoms with Gasteiger partial charge in [-0.3, -0.25) is 4.79 Å². The molecule has 21 heavy (non-hydrogen) atoms. The Balaban J connectivity index is 2.83. The van der Waals surface area contributed by atoms with Crippen LogP contribution in [-0.2, 0) is 10.2 Å². The number of hydrogen-bond acceptors (Lipinski definition) is 3. The van der Waals surface area contributed by atoms with E-state index in [-0.39, 0.29) is 17.9 Å². The van der Waals surface area contributed by atoms with E-state index < -0.39 is 5.54 Å². The summed E-state index contributed by atoms with van der Waals surface area (Å²) in [7, 11) is 1.58. The number of methoxy groups -OCH3 is 1. The molecule has 1 aromatic carbocycles. The smallest absolute Gasteiger partial charge is 0.251 e. The van der Waals surface area contributed by atoms with Crippen LogP contribution in [0.3, 0.4) is 0 Å². The highest BCUT2D eigenvalue weighted by atomic mass is 16.5. The highest BCUT2D eigenvalue weighted by Gasteiger charge is 2.26. The average Bonchev–Trinajstić information content (AvgIpc) is 2.38. The molecule has 1 rings (SSSR count). The number of hydrogen-bond donors (Lipinski definition) is 2. The molecule has 0 aliphatic carbocycles. The molecule has 4 nitrogen and oxygen atoms in total. The maximum absolute atomic E-state index is 12.3. The van der Waals surface area contributed by atoms with Crippen LogP contribution in [0.15, 0.2) is 24.3 Å². The lowest BCUT2D eigenvalue weighted by Gasteiger charge is -2.29. The van der Waals surface area contributed by atoms with Crippen LogP contribution in [0.5, 0.6) is 0 Å².